The Kier molecular flexibility index (Phi) is 4.79. The van der Waals surface area contributed by atoms with Crippen molar-refractivity contribution in [3.63, 3.8) is 0 Å². The quantitative estimate of drug-likeness (QED) is 0.854. The van der Waals surface area contributed by atoms with Gasteiger partial charge in [-0.15, -0.1) is 22.7 Å². The molecule has 0 aromatic carbocycles. The molecule has 0 atom stereocenters. The number of hydrogen-bond donors (Lipinski definition) is 2. The van der Waals surface area contributed by atoms with Crippen molar-refractivity contribution in [3.8, 4) is 0 Å². The summed E-state index contributed by atoms with van der Waals surface area (Å²) in [4.78, 5) is 6.21. The average Bonchev–Trinajstić information content (AvgIpc) is 2.93. The predicted molar refractivity (Wildman–Crippen MR) is 84.1 cm³/mol. The Morgan fingerprint density at radius 2 is 2.10 bits per heavy atom. The SMILES string of the molecule is CCNCc1scc(C)c1S(=O)(=O)Nc1ncc(C)s1. The molecule has 0 aliphatic rings. The molecule has 0 saturated heterocycles. The summed E-state index contributed by atoms with van der Waals surface area (Å²) in [6.45, 7) is 7.05. The average molecular weight is 331 g/mol. The lowest BCUT2D eigenvalue weighted by atomic mass is 10.3. The topological polar surface area (TPSA) is 71.1 Å². The van der Waals surface area contributed by atoms with Gasteiger partial charge in [0.05, 0.1) is 0 Å². The maximum Gasteiger partial charge on any atom is 0.265 e. The van der Waals surface area contributed by atoms with Crippen molar-refractivity contribution in [3.05, 3.63) is 26.9 Å². The van der Waals surface area contributed by atoms with Gasteiger partial charge in [-0.1, -0.05) is 6.92 Å². The molecule has 110 valence electrons. The smallest absolute Gasteiger partial charge is 0.265 e. The lowest BCUT2D eigenvalue weighted by molar-refractivity contribution is 0.599. The van der Waals surface area contributed by atoms with Gasteiger partial charge in [0, 0.05) is 22.5 Å². The van der Waals surface area contributed by atoms with E-state index in [4.69, 9.17) is 0 Å². The second kappa shape index (κ2) is 6.21. The molecular formula is C12H17N3O2S3. The van der Waals surface area contributed by atoms with Gasteiger partial charge in [-0.25, -0.2) is 13.4 Å². The van der Waals surface area contributed by atoms with E-state index in [0.29, 0.717) is 16.6 Å². The van der Waals surface area contributed by atoms with E-state index in [1.165, 1.54) is 22.7 Å². The summed E-state index contributed by atoms with van der Waals surface area (Å²) in [5.41, 5.74) is 0.767. The normalized spacial score (nSPS) is 11.8. The number of thiazole rings is 1. The summed E-state index contributed by atoms with van der Waals surface area (Å²) in [6, 6.07) is 0. The van der Waals surface area contributed by atoms with Crippen molar-refractivity contribution >= 4 is 37.8 Å². The van der Waals surface area contributed by atoms with Crippen LogP contribution in [0.3, 0.4) is 0 Å². The summed E-state index contributed by atoms with van der Waals surface area (Å²) in [5, 5.41) is 5.44. The first kappa shape index (κ1) is 15.4. The Bertz CT molecular complexity index is 689. The third kappa shape index (κ3) is 3.38. The Morgan fingerprint density at radius 1 is 1.35 bits per heavy atom. The summed E-state index contributed by atoms with van der Waals surface area (Å²) in [7, 11) is -3.58. The minimum Gasteiger partial charge on any atom is -0.312 e. The molecule has 0 radical (unpaired) electrons. The third-order valence-electron chi connectivity index (χ3n) is 2.64. The van der Waals surface area contributed by atoms with Gasteiger partial charge in [0.15, 0.2) is 5.13 Å². The molecule has 0 aliphatic carbocycles. The molecule has 0 unspecified atom stereocenters. The summed E-state index contributed by atoms with van der Waals surface area (Å²) >= 11 is 2.79. The first-order chi connectivity index (χ1) is 9.44. The predicted octanol–water partition coefficient (Wildman–Crippen LogP) is 2.73. The number of rotatable bonds is 6. The lowest BCUT2D eigenvalue weighted by Crippen LogP contribution is -2.18. The van der Waals surface area contributed by atoms with Crippen LogP contribution in [0.15, 0.2) is 16.5 Å². The van der Waals surface area contributed by atoms with Crippen LogP contribution in [-0.2, 0) is 16.6 Å². The van der Waals surface area contributed by atoms with Crippen molar-refractivity contribution < 1.29 is 8.42 Å². The largest absolute Gasteiger partial charge is 0.312 e. The van der Waals surface area contributed by atoms with Crippen molar-refractivity contribution in [1.82, 2.24) is 10.3 Å². The fourth-order valence-electron chi connectivity index (χ4n) is 1.78. The summed E-state index contributed by atoms with van der Waals surface area (Å²) in [6.07, 6.45) is 1.66. The van der Waals surface area contributed by atoms with Crippen molar-refractivity contribution in [2.45, 2.75) is 32.2 Å². The van der Waals surface area contributed by atoms with E-state index in [9.17, 15) is 8.42 Å². The van der Waals surface area contributed by atoms with E-state index in [-0.39, 0.29) is 0 Å². The van der Waals surface area contributed by atoms with Crippen LogP contribution in [0.5, 0.6) is 0 Å². The van der Waals surface area contributed by atoms with E-state index in [1.807, 2.05) is 26.2 Å². The first-order valence-corrected chi connectivity index (χ1v) is 9.35. The molecular weight excluding hydrogens is 314 g/mol. The van der Waals surface area contributed by atoms with Gasteiger partial charge in [-0.05, 0) is 31.3 Å². The van der Waals surface area contributed by atoms with Crippen molar-refractivity contribution in [1.29, 1.82) is 0 Å². The van der Waals surface area contributed by atoms with E-state index in [1.54, 1.807) is 6.20 Å². The molecule has 0 amide bonds. The molecule has 2 N–H and O–H groups in total. The number of sulfonamides is 1. The number of hydrogen-bond acceptors (Lipinski definition) is 6. The number of nitrogens with one attached hydrogen (secondary N) is 2. The highest BCUT2D eigenvalue weighted by Crippen LogP contribution is 2.29. The molecule has 0 bridgehead atoms. The molecule has 2 rings (SSSR count). The molecule has 8 heteroatoms. The van der Waals surface area contributed by atoms with Crippen LogP contribution in [0, 0.1) is 13.8 Å². The van der Waals surface area contributed by atoms with Gasteiger partial charge in [0.1, 0.15) is 4.90 Å². The van der Waals surface area contributed by atoms with E-state index >= 15 is 0 Å². The van der Waals surface area contributed by atoms with Gasteiger partial charge >= 0.3 is 0 Å². The van der Waals surface area contributed by atoms with Crippen LogP contribution in [-0.4, -0.2) is 19.9 Å². The highest BCUT2D eigenvalue weighted by atomic mass is 32.2. The fourth-order valence-corrected chi connectivity index (χ4v) is 5.47. The summed E-state index contributed by atoms with van der Waals surface area (Å²) in [5.74, 6) is 0. The second-order valence-electron chi connectivity index (χ2n) is 4.33. The standard InChI is InChI=1S/C12H17N3O2S3/c1-4-13-6-10-11(8(2)7-18-10)20(16,17)15-12-14-5-9(3)19-12/h5,7,13H,4,6H2,1-3H3,(H,14,15). The second-order valence-corrected chi connectivity index (χ2v) is 8.15. The Hall–Kier alpha value is -0.960. The molecule has 2 heterocycles. The van der Waals surface area contributed by atoms with Crippen LogP contribution >= 0.6 is 22.7 Å². The van der Waals surface area contributed by atoms with Crippen molar-refractivity contribution in [2.75, 3.05) is 11.3 Å². The van der Waals surface area contributed by atoms with E-state index in [0.717, 1.165) is 21.9 Å². The first-order valence-electron chi connectivity index (χ1n) is 6.17. The van der Waals surface area contributed by atoms with Crippen LogP contribution in [0.25, 0.3) is 0 Å². The fraction of sp³-hybridized carbons (Fsp3) is 0.417. The number of nitrogens with zero attached hydrogens (tertiary/aromatic N) is 1. The van der Waals surface area contributed by atoms with Gasteiger partial charge in [-0.2, -0.15) is 0 Å². The molecule has 0 spiro atoms. The van der Waals surface area contributed by atoms with Gasteiger partial charge in [0.2, 0.25) is 0 Å². The zero-order valence-electron chi connectivity index (χ0n) is 11.6. The van der Waals surface area contributed by atoms with Gasteiger partial charge < -0.3 is 5.32 Å². The molecule has 0 fully saturated rings. The highest BCUT2D eigenvalue weighted by Gasteiger charge is 2.23. The molecule has 0 aliphatic heterocycles. The number of anilines is 1. The van der Waals surface area contributed by atoms with Gasteiger partial charge in [0.25, 0.3) is 10.0 Å². The number of thiophene rings is 1. The maximum absolute atomic E-state index is 12.5. The molecule has 0 saturated carbocycles. The maximum atomic E-state index is 12.5. The zero-order valence-corrected chi connectivity index (χ0v) is 14.0. The molecule has 5 nitrogen and oxygen atoms in total. The van der Waals surface area contributed by atoms with E-state index in [2.05, 4.69) is 15.0 Å². The minimum absolute atomic E-state index is 0.372. The summed E-state index contributed by atoms with van der Waals surface area (Å²) < 4.78 is 27.6. The van der Waals surface area contributed by atoms with Crippen LogP contribution in [0.2, 0.25) is 0 Å². The number of aromatic nitrogens is 1. The number of aryl methyl sites for hydroxylation is 2. The molecule has 2 aromatic heterocycles. The van der Waals surface area contributed by atoms with Gasteiger partial charge in [-0.3, -0.25) is 4.72 Å². The lowest BCUT2D eigenvalue weighted by Gasteiger charge is -2.08. The minimum atomic E-state index is -3.58. The zero-order chi connectivity index (χ0) is 14.8. The van der Waals surface area contributed by atoms with Crippen LogP contribution in [0.4, 0.5) is 5.13 Å². The van der Waals surface area contributed by atoms with E-state index < -0.39 is 10.0 Å². The van der Waals surface area contributed by atoms with Crippen molar-refractivity contribution in [2.24, 2.45) is 0 Å². The Morgan fingerprint density at radius 3 is 2.70 bits per heavy atom. The highest BCUT2D eigenvalue weighted by molar-refractivity contribution is 7.93. The van der Waals surface area contributed by atoms with Crippen LogP contribution < -0.4 is 10.0 Å². The molecule has 20 heavy (non-hydrogen) atoms. The monoisotopic (exact) mass is 331 g/mol. The Balaban J connectivity index is 2.31. The molecule has 2 aromatic rings. The Labute approximate surface area is 127 Å². The van der Waals surface area contributed by atoms with Crippen LogP contribution in [0.1, 0.15) is 22.2 Å². The third-order valence-corrected chi connectivity index (χ3v) is 6.40.